The lowest BCUT2D eigenvalue weighted by atomic mass is 10.1. The number of aromatic nitrogens is 3. The summed E-state index contributed by atoms with van der Waals surface area (Å²) in [6.07, 6.45) is 1.97. The van der Waals surface area contributed by atoms with Crippen LogP contribution in [0.2, 0.25) is 5.02 Å². The van der Waals surface area contributed by atoms with Gasteiger partial charge in [-0.1, -0.05) is 11.6 Å². The first-order chi connectivity index (χ1) is 17.4. The van der Waals surface area contributed by atoms with E-state index >= 15 is 0 Å². The molecule has 0 bridgehead atoms. The Hall–Kier alpha value is -3.60. The summed E-state index contributed by atoms with van der Waals surface area (Å²) in [6, 6.07) is 3.80. The molecule has 2 aromatic heterocycles. The molecule has 1 aromatic carbocycles. The molecular formula is C25H31ClFN5O5. The molecule has 0 saturated heterocycles. The average molecular weight is 536 g/mol. The van der Waals surface area contributed by atoms with Gasteiger partial charge in [0.1, 0.15) is 34.7 Å². The van der Waals surface area contributed by atoms with E-state index in [1.165, 1.54) is 22.8 Å². The number of nitrogens with zero attached hydrogens (tertiary/aromatic N) is 3. The third kappa shape index (κ3) is 7.22. The average Bonchev–Trinajstić information content (AvgIpc) is 3.22. The lowest BCUT2D eigenvalue weighted by molar-refractivity contribution is 0.0501. The van der Waals surface area contributed by atoms with Crippen molar-refractivity contribution in [2.24, 2.45) is 0 Å². The van der Waals surface area contributed by atoms with Gasteiger partial charge in [0.05, 0.1) is 30.4 Å². The Labute approximate surface area is 219 Å². The lowest BCUT2D eigenvalue weighted by Gasteiger charge is -2.24. The minimum Gasteiger partial charge on any atom is -0.488 e. The quantitative estimate of drug-likeness (QED) is 0.361. The number of esters is 1. The summed E-state index contributed by atoms with van der Waals surface area (Å²) < 4.78 is 32.2. The summed E-state index contributed by atoms with van der Waals surface area (Å²) in [6.45, 7) is 10.9. The van der Waals surface area contributed by atoms with Crippen LogP contribution in [-0.2, 0) is 9.47 Å². The zero-order valence-electron chi connectivity index (χ0n) is 21.6. The SMILES string of the molecule is CCOC(=O)c1cnn2ccc(N[C@@H](C)c3c(O[C@@H](C)CNC(=O)OC(C)(C)C)ccc(F)c3Cl)nc12. The van der Waals surface area contributed by atoms with Crippen LogP contribution in [0.5, 0.6) is 5.75 Å². The van der Waals surface area contributed by atoms with E-state index in [0.717, 1.165) is 0 Å². The number of halogens is 2. The molecule has 37 heavy (non-hydrogen) atoms. The molecule has 0 spiro atoms. The number of amides is 1. The van der Waals surface area contributed by atoms with Crippen molar-refractivity contribution in [1.82, 2.24) is 19.9 Å². The zero-order chi connectivity index (χ0) is 27.3. The van der Waals surface area contributed by atoms with Crippen molar-refractivity contribution in [3.8, 4) is 5.75 Å². The third-order valence-electron chi connectivity index (χ3n) is 5.02. The maximum Gasteiger partial charge on any atom is 0.407 e. The number of hydrogen-bond acceptors (Lipinski definition) is 8. The third-order valence-corrected chi connectivity index (χ3v) is 5.40. The maximum atomic E-state index is 14.4. The lowest BCUT2D eigenvalue weighted by Crippen LogP contribution is -2.37. The fourth-order valence-electron chi connectivity index (χ4n) is 3.45. The first-order valence-corrected chi connectivity index (χ1v) is 12.2. The molecule has 3 aromatic rings. The van der Waals surface area contributed by atoms with Gasteiger partial charge in [-0.05, 0) is 59.7 Å². The van der Waals surface area contributed by atoms with Crippen molar-refractivity contribution in [3.05, 3.63) is 52.6 Å². The second kappa shape index (κ2) is 11.6. The molecule has 0 unspecified atom stereocenters. The van der Waals surface area contributed by atoms with E-state index in [0.29, 0.717) is 22.8 Å². The summed E-state index contributed by atoms with van der Waals surface area (Å²) in [5.74, 6) is -0.409. The number of carbonyl (C=O) groups is 2. The molecule has 2 N–H and O–H groups in total. The second-order valence-corrected chi connectivity index (χ2v) is 9.69. The van der Waals surface area contributed by atoms with Gasteiger partial charge < -0.3 is 24.8 Å². The Morgan fingerprint density at radius 2 is 1.95 bits per heavy atom. The van der Waals surface area contributed by atoms with Gasteiger partial charge in [0.2, 0.25) is 0 Å². The van der Waals surface area contributed by atoms with Crippen LogP contribution < -0.4 is 15.4 Å². The monoisotopic (exact) mass is 535 g/mol. The van der Waals surface area contributed by atoms with Crippen LogP contribution in [-0.4, -0.2) is 51.5 Å². The van der Waals surface area contributed by atoms with Crippen molar-refractivity contribution in [1.29, 1.82) is 0 Å². The van der Waals surface area contributed by atoms with Gasteiger partial charge in [-0.3, -0.25) is 0 Å². The van der Waals surface area contributed by atoms with E-state index in [-0.39, 0.29) is 23.7 Å². The van der Waals surface area contributed by atoms with Gasteiger partial charge >= 0.3 is 12.1 Å². The molecule has 12 heteroatoms. The minimum absolute atomic E-state index is 0.109. The van der Waals surface area contributed by atoms with Crippen LogP contribution in [0.25, 0.3) is 5.65 Å². The van der Waals surface area contributed by atoms with E-state index in [4.69, 9.17) is 25.8 Å². The van der Waals surface area contributed by atoms with Gasteiger partial charge in [-0.25, -0.2) is 23.5 Å². The topological polar surface area (TPSA) is 116 Å². The molecule has 1 amide bonds. The van der Waals surface area contributed by atoms with Crippen molar-refractivity contribution in [2.75, 3.05) is 18.5 Å². The Morgan fingerprint density at radius 3 is 2.62 bits per heavy atom. The highest BCUT2D eigenvalue weighted by molar-refractivity contribution is 6.31. The van der Waals surface area contributed by atoms with Crippen molar-refractivity contribution in [3.63, 3.8) is 0 Å². The smallest absolute Gasteiger partial charge is 0.407 e. The van der Waals surface area contributed by atoms with Crippen LogP contribution >= 0.6 is 11.6 Å². The molecule has 0 aliphatic carbocycles. The Balaban J connectivity index is 1.79. The Morgan fingerprint density at radius 1 is 1.22 bits per heavy atom. The van der Waals surface area contributed by atoms with E-state index in [9.17, 15) is 14.0 Å². The maximum absolute atomic E-state index is 14.4. The Bertz CT molecular complexity index is 1280. The van der Waals surface area contributed by atoms with Crippen LogP contribution in [0.4, 0.5) is 15.0 Å². The van der Waals surface area contributed by atoms with Gasteiger partial charge in [0.25, 0.3) is 0 Å². The molecular weight excluding hydrogens is 505 g/mol. The van der Waals surface area contributed by atoms with Crippen molar-refractivity contribution >= 4 is 35.1 Å². The number of benzene rings is 1. The number of nitrogens with one attached hydrogen (secondary N) is 2. The summed E-state index contributed by atoms with van der Waals surface area (Å²) in [4.78, 5) is 28.7. The molecule has 2 heterocycles. The predicted molar refractivity (Wildman–Crippen MR) is 137 cm³/mol. The molecule has 0 fully saturated rings. The number of anilines is 1. The highest BCUT2D eigenvalue weighted by atomic mass is 35.5. The van der Waals surface area contributed by atoms with Crippen LogP contribution in [0.15, 0.2) is 30.6 Å². The van der Waals surface area contributed by atoms with E-state index < -0.39 is 35.6 Å². The zero-order valence-corrected chi connectivity index (χ0v) is 22.4. The highest BCUT2D eigenvalue weighted by Crippen LogP contribution is 2.36. The summed E-state index contributed by atoms with van der Waals surface area (Å²) in [7, 11) is 0. The number of rotatable bonds is 9. The predicted octanol–water partition coefficient (Wildman–Crippen LogP) is 5.16. The number of carbonyl (C=O) groups excluding carboxylic acids is 2. The van der Waals surface area contributed by atoms with E-state index in [1.54, 1.807) is 53.8 Å². The molecule has 0 radical (unpaired) electrons. The van der Waals surface area contributed by atoms with Crippen LogP contribution in [0.3, 0.4) is 0 Å². The molecule has 0 aliphatic rings. The molecule has 2 atom stereocenters. The minimum atomic E-state index is -0.627. The fourth-order valence-corrected chi connectivity index (χ4v) is 3.77. The molecule has 10 nitrogen and oxygen atoms in total. The van der Waals surface area contributed by atoms with Gasteiger partial charge in [-0.15, -0.1) is 0 Å². The van der Waals surface area contributed by atoms with E-state index in [2.05, 4.69) is 20.7 Å². The van der Waals surface area contributed by atoms with Crippen molar-refractivity contribution < 1.29 is 28.2 Å². The summed E-state index contributed by atoms with van der Waals surface area (Å²) in [5.41, 5.74) is 0.265. The summed E-state index contributed by atoms with van der Waals surface area (Å²) in [5, 5.41) is 9.83. The standard InChI is InChI=1S/C25H31ClFN5O5/c1-7-35-23(33)16-13-29-32-11-10-19(31-22(16)32)30-15(3)20-18(9-8-17(27)21(20)26)36-14(2)12-28-24(34)37-25(4,5)6/h8-11,13-15H,7,12H2,1-6H3,(H,28,34)(H,30,31)/t14-,15-/m0/s1. The van der Waals surface area contributed by atoms with Gasteiger partial charge in [-0.2, -0.15) is 5.10 Å². The summed E-state index contributed by atoms with van der Waals surface area (Å²) >= 11 is 6.34. The highest BCUT2D eigenvalue weighted by Gasteiger charge is 2.23. The fraction of sp³-hybridized carbons (Fsp3) is 0.440. The van der Waals surface area contributed by atoms with Gasteiger partial charge in [0.15, 0.2) is 5.65 Å². The number of fused-ring (bicyclic) bond motifs is 1. The van der Waals surface area contributed by atoms with Crippen molar-refractivity contribution in [2.45, 2.75) is 59.3 Å². The number of alkyl carbamates (subject to hydrolysis) is 1. The first-order valence-electron chi connectivity index (χ1n) is 11.8. The largest absolute Gasteiger partial charge is 0.488 e. The molecule has 3 rings (SSSR count). The second-order valence-electron chi connectivity index (χ2n) is 9.31. The van der Waals surface area contributed by atoms with Crippen LogP contribution in [0.1, 0.15) is 63.5 Å². The first kappa shape index (κ1) is 28.0. The van der Waals surface area contributed by atoms with Crippen LogP contribution in [0, 0.1) is 5.82 Å². The van der Waals surface area contributed by atoms with E-state index in [1.807, 2.05) is 0 Å². The number of ether oxygens (including phenoxy) is 3. The number of hydrogen-bond donors (Lipinski definition) is 2. The molecule has 0 aliphatic heterocycles. The van der Waals surface area contributed by atoms with Gasteiger partial charge in [0, 0.05) is 11.8 Å². The Kier molecular flexibility index (Phi) is 8.80. The normalized spacial score (nSPS) is 13.1. The molecule has 0 saturated carbocycles. The molecule has 200 valence electrons.